The first-order valence-electron chi connectivity index (χ1n) is 5.46. The predicted molar refractivity (Wildman–Crippen MR) is 70.5 cm³/mol. The Kier molecular flexibility index (Phi) is 5.61. The summed E-state index contributed by atoms with van der Waals surface area (Å²) in [5.41, 5.74) is 0.893. The van der Waals surface area contributed by atoms with Gasteiger partial charge in [0.05, 0.1) is 6.61 Å². The molecule has 5 heteroatoms. The van der Waals surface area contributed by atoms with E-state index >= 15 is 0 Å². The highest BCUT2D eigenvalue weighted by Crippen LogP contribution is 2.24. The predicted octanol–water partition coefficient (Wildman–Crippen LogP) is 1.30. The molecule has 0 aliphatic rings. The third-order valence-corrected chi connectivity index (χ3v) is 3.87. The van der Waals surface area contributed by atoms with E-state index in [1.54, 1.807) is 17.8 Å². The van der Waals surface area contributed by atoms with Crippen LogP contribution >= 0.6 is 11.8 Å². The number of phenols is 2. The fraction of sp³-hybridized carbons (Fsp3) is 0.500. The van der Waals surface area contributed by atoms with Gasteiger partial charge in [-0.1, -0.05) is 6.07 Å². The molecule has 0 radical (unpaired) electrons. The summed E-state index contributed by atoms with van der Waals surface area (Å²) in [4.78, 5) is 0. The number of nitrogens with one attached hydrogen (secondary N) is 1. The molecule has 0 aliphatic heterocycles. The average molecular weight is 257 g/mol. The quantitative estimate of drug-likeness (QED) is 0.578. The maximum Gasteiger partial charge on any atom is 0.157 e. The molecule has 2 unspecified atom stereocenters. The zero-order valence-electron chi connectivity index (χ0n) is 10.1. The van der Waals surface area contributed by atoms with Gasteiger partial charge < -0.3 is 20.6 Å². The van der Waals surface area contributed by atoms with Gasteiger partial charge in [0.2, 0.25) is 0 Å². The fourth-order valence-corrected chi connectivity index (χ4v) is 2.18. The Labute approximate surface area is 106 Å². The molecule has 0 amide bonds. The van der Waals surface area contributed by atoms with Crippen molar-refractivity contribution in [2.24, 2.45) is 0 Å². The Hall–Kier alpha value is -0.910. The highest BCUT2D eigenvalue weighted by molar-refractivity contribution is 7.99. The van der Waals surface area contributed by atoms with E-state index in [0.717, 1.165) is 5.56 Å². The minimum absolute atomic E-state index is 0.111. The van der Waals surface area contributed by atoms with Crippen LogP contribution in [0.2, 0.25) is 0 Å². The zero-order valence-corrected chi connectivity index (χ0v) is 10.9. The van der Waals surface area contributed by atoms with Crippen molar-refractivity contribution < 1.29 is 15.3 Å². The van der Waals surface area contributed by atoms with E-state index in [-0.39, 0.29) is 29.4 Å². The number of aromatic hydroxyl groups is 2. The van der Waals surface area contributed by atoms with E-state index in [9.17, 15) is 10.2 Å². The number of benzene rings is 1. The number of thioether (sulfide) groups is 1. The van der Waals surface area contributed by atoms with Crippen LogP contribution in [0.5, 0.6) is 11.5 Å². The molecule has 0 fully saturated rings. The van der Waals surface area contributed by atoms with Crippen molar-refractivity contribution in [2.45, 2.75) is 24.8 Å². The highest BCUT2D eigenvalue weighted by atomic mass is 32.2. The molecule has 2 atom stereocenters. The lowest BCUT2D eigenvalue weighted by atomic mass is 10.1. The second-order valence-electron chi connectivity index (χ2n) is 3.95. The van der Waals surface area contributed by atoms with Crippen molar-refractivity contribution in [3.8, 4) is 11.5 Å². The molecular formula is C12H19NO3S. The molecule has 0 bridgehead atoms. The van der Waals surface area contributed by atoms with Crippen molar-refractivity contribution in [1.82, 2.24) is 5.32 Å². The van der Waals surface area contributed by atoms with Crippen LogP contribution in [-0.4, -0.2) is 39.5 Å². The molecule has 0 saturated heterocycles. The SMILES string of the molecule is CSC(CO)C(C)NCc1ccc(O)c(O)c1. The van der Waals surface area contributed by atoms with Gasteiger partial charge in [0.1, 0.15) is 0 Å². The van der Waals surface area contributed by atoms with Crippen LogP contribution in [0.4, 0.5) is 0 Å². The lowest BCUT2D eigenvalue weighted by molar-refractivity contribution is 0.276. The summed E-state index contributed by atoms with van der Waals surface area (Å²) in [5.74, 6) is -0.223. The minimum Gasteiger partial charge on any atom is -0.504 e. The first-order chi connectivity index (χ1) is 8.08. The summed E-state index contributed by atoms with van der Waals surface area (Å²) in [7, 11) is 0. The molecular weight excluding hydrogens is 238 g/mol. The Morgan fingerprint density at radius 3 is 2.53 bits per heavy atom. The smallest absolute Gasteiger partial charge is 0.157 e. The van der Waals surface area contributed by atoms with Crippen molar-refractivity contribution >= 4 is 11.8 Å². The summed E-state index contributed by atoms with van der Waals surface area (Å²) < 4.78 is 0. The molecule has 0 saturated carbocycles. The van der Waals surface area contributed by atoms with E-state index in [0.29, 0.717) is 6.54 Å². The molecule has 1 aromatic rings. The number of hydrogen-bond donors (Lipinski definition) is 4. The lowest BCUT2D eigenvalue weighted by Gasteiger charge is -2.21. The number of aliphatic hydroxyl groups is 1. The van der Waals surface area contributed by atoms with Gasteiger partial charge in [-0.15, -0.1) is 0 Å². The maximum absolute atomic E-state index is 9.34. The van der Waals surface area contributed by atoms with Gasteiger partial charge in [-0.3, -0.25) is 0 Å². The Bertz CT molecular complexity index is 356. The fourth-order valence-electron chi connectivity index (χ4n) is 1.53. The Balaban J connectivity index is 2.52. The van der Waals surface area contributed by atoms with Gasteiger partial charge in [-0.25, -0.2) is 0 Å². The molecule has 96 valence electrons. The van der Waals surface area contributed by atoms with Crippen LogP contribution in [0.25, 0.3) is 0 Å². The largest absolute Gasteiger partial charge is 0.504 e. The van der Waals surface area contributed by atoms with Crippen LogP contribution in [0.3, 0.4) is 0 Å². The van der Waals surface area contributed by atoms with Crippen molar-refractivity contribution in [1.29, 1.82) is 0 Å². The summed E-state index contributed by atoms with van der Waals surface area (Å²) in [6, 6.07) is 4.92. The number of aliphatic hydroxyl groups excluding tert-OH is 1. The van der Waals surface area contributed by atoms with Gasteiger partial charge in [0, 0.05) is 17.8 Å². The van der Waals surface area contributed by atoms with Crippen LogP contribution in [0.1, 0.15) is 12.5 Å². The standard InChI is InChI=1S/C12H19NO3S/c1-8(12(7-14)17-2)13-6-9-3-4-10(15)11(16)5-9/h3-5,8,12-16H,6-7H2,1-2H3. The van der Waals surface area contributed by atoms with Gasteiger partial charge in [0.25, 0.3) is 0 Å². The Morgan fingerprint density at radius 1 is 1.29 bits per heavy atom. The minimum atomic E-state index is -0.112. The van der Waals surface area contributed by atoms with Crippen LogP contribution in [-0.2, 0) is 6.54 Å². The van der Waals surface area contributed by atoms with E-state index in [1.807, 2.05) is 13.2 Å². The van der Waals surface area contributed by atoms with Crippen molar-refractivity contribution in [3.05, 3.63) is 23.8 Å². The summed E-state index contributed by atoms with van der Waals surface area (Å²) in [6.07, 6.45) is 1.96. The molecule has 1 aromatic carbocycles. The summed E-state index contributed by atoms with van der Waals surface area (Å²) in [5, 5.41) is 31.1. The number of phenolic OH excluding ortho intramolecular Hbond substituents is 2. The first-order valence-corrected chi connectivity index (χ1v) is 6.75. The number of hydrogen-bond acceptors (Lipinski definition) is 5. The molecule has 0 aromatic heterocycles. The van der Waals surface area contributed by atoms with Gasteiger partial charge >= 0.3 is 0 Å². The summed E-state index contributed by atoms with van der Waals surface area (Å²) >= 11 is 1.62. The molecule has 1 rings (SSSR count). The van der Waals surface area contributed by atoms with Crippen LogP contribution in [0.15, 0.2) is 18.2 Å². The first kappa shape index (κ1) is 14.2. The average Bonchev–Trinajstić information content (AvgIpc) is 2.32. The molecule has 0 heterocycles. The second kappa shape index (κ2) is 6.74. The molecule has 0 aliphatic carbocycles. The molecule has 4 nitrogen and oxygen atoms in total. The summed E-state index contributed by atoms with van der Waals surface area (Å²) in [6.45, 7) is 2.74. The zero-order chi connectivity index (χ0) is 12.8. The van der Waals surface area contributed by atoms with Crippen molar-refractivity contribution in [3.63, 3.8) is 0 Å². The number of rotatable bonds is 6. The van der Waals surface area contributed by atoms with Gasteiger partial charge in [-0.2, -0.15) is 11.8 Å². The molecule has 4 N–H and O–H groups in total. The monoisotopic (exact) mass is 257 g/mol. The maximum atomic E-state index is 9.34. The third-order valence-electron chi connectivity index (χ3n) is 2.71. The molecule has 17 heavy (non-hydrogen) atoms. The lowest BCUT2D eigenvalue weighted by Crippen LogP contribution is -2.37. The van der Waals surface area contributed by atoms with Crippen LogP contribution in [0, 0.1) is 0 Å². The third kappa shape index (κ3) is 4.11. The Morgan fingerprint density at radius 2 is 2.00 bits per heavy atom. The normalized spacial score (nSPS) is 14.5. The van der Waals surface area contributed by atoms with E-state index < -0.39 is 0 Å². The van der Waals surface area contributed by atoms with E-state index in [2.05, 4.69) is 5.32 Å². The van der Waals surface area contributed by atoms with Crippen LogP contribution < -0.4 is 5.32 Å². The van der Waals surface area contributed by atoms with E-state index in [4.69, 9.17) is 5.11 Å². The van der Waals surface area contributed by atoms with E-state index in [1.165, 1.54) is 12.1 Å². The topological polar surface area (TPSA) is 72.7 Å². The molecule has 0 spiro atoms. The van der Waals surface area contributed by atoms with Crippen molar-refractivity contribution in [2.75, 3.05) is 12.9 Å². The van der Waals surface area contributed by atoms with Gasteiger partial charge in [-0.05, 0) is 30.9 Å². The second-order valence-corrected chi connectivity index (χ2v) is 5.03. The highest BCUT2D eigenvalue weighted by Gasteiger charge is 2.14. The van der Waals surface area contributed by atoms with Gasteiger partial charge in [0.15, 0.2) is 11.5 Å².